The van der Waals surface area contributed by atoms with Gasteiger partial charge in [0.2, 0.25) is 0 Å². The second-order valence-corrected chi connectivity index (χ2v) is 3.99. The van der Waals surface area contributed by atoms with Crippen molar-refractivity contribution in [1.29, 1.82) is 0 Å². The van der Waals surface area contributed by atoms with Gasteiger partial charge in [-0.15, -0.1) is 0 Å². The number of carboxylic acids is 1. The minimum atomic E-state index is -1.01. The van der Waals surface area contributed by atoms with E-state index < -0.39 is 5.97 Å². The van der Waals surface area contributed by atoms with Gasteiger partial charge in [-0.3, -0.25) is 9.59 Å². The molecule has 1 aromatic carbocycles. The molecular formula is C13H14N2O3. The van der Waals surface area contributed by atoms with Crippen molar-refractivity contribution < 1.29 is 14.7 Å². The lowest BCUT2D eigenvalue weighted by atomic mass is 10.1. The molecule has 5 heteroatoms. The zero-order valence-corrected chi connectivity index (χ0v) is 10.0. The lowest BCUT2D eigenvalue weighted by Crippen LogP contribution is -2.35. The maximum atomic E-state index is 12.1. The van der Waals surface area contributed by atoms with Crippen molar-refractivity contribution in [2.24, 2.45) is 0 Å². The standard InChI is InChI=1S/C13H14N2O3/c1-2-15(8-12(16)17)13(18)10-3-4-11-9(7-10)5-6-14-11/h3-7,14H,2,8H2,1H3,(H,16,17). The van der Waals surface area contributed by atoms with Crippen molar-refractivity contribution in [3.63, 3.8) is 0 Å². The first kappa shape index (κ1) is 12.2. The molecule has 5 nitrogen and oxygen atoms in total. The van der Waals surface area contributed by atoms with E-state index in [2.05, 4.69) is 4.98 Å². The van der Waals surface area contributed by atoms with Crippen LogP contribution >= 0.6 is 0 Å². The predicted octanol–water partition coefficient (Wildman–Crippen LogP) is 1.71. The number of aromatic nitrogens is 1. The molecule has 2 aromatic rings. The number of nitrogens with zero attached hydrogens (tertiary/aromatic N) is 1. The molecule has 2 N–H and O–H groups in total. The minimum Gasteiger partial charge on any atom is -0.480 e. The Balaban J connectivity index is 2.28. The lowest BCUT2D eigenvalue weighted by molar-refractivity contribution is -0.137. The largest absolute Gasteiger partial charge is 0.480 e. The first-order valence-corrected chi connectivity index (χ1v) is 5.70. The Morgan fingerprint density at radius 2 is 2.11 bits per heavy atom. The van der Waals surface area contributed by atoms with E-state index in [1.807, 2.05) is 12.1 Å². The summed E-state index contributed by atoms with van der Waals surface area (Å²) in [6.07, 6.45) is 1.80. The monoisotopic (exact) mass is 246 g/mol. The van der Waals surface area contributed by atoms with Crippen molar-refractivity contribution in [2.75, 3.05) is 13.1 Å². The van der Waals surface area contributed by atoms with E-state index in [0.29, 0.717) is 12.1 Å². The van der Waals surface area contributed by atoms with E-state index in [1.54, 1.807) is 25.3 Å². The Kier molecular flexibility index (Phi) is 3.32. The summed E-state index contributed by atoms with van der Waals surface area (Å²) in [4.78, 5) is 27.1. The lowest BCUT2D eigenvalue weighted by Gasteiger charge is -2.18. The number of carboxylic acid groups (broad SMARTS) is 1. The normalized spacial score (nSPS) is 10.5. The van der Waals surface area contributed by atoms with Crippen LogP contribution in [0.15, 0.2) is 30.5 Å². The fourth-order valence-corrected chi connectivity index (χ4v) is 1.86. The number of aromatic amines is 1. The third-order valence-corrected chi connectivity index (χ3v) is 2.80. The van der Waals surface area contributed by atoms with Crippen LogP contribution < -0.4 is 0 Å². The highest BCUT2D eigenvalue weighted by Gasteiger charge is 2.17. The summed E-state index contributed by atoms with van der Waals surface area (Å²) in [6.45, 7) is 1.85. The summed E-state index contributed by atoms with van der Waals surface area (Å²) in [7, 11) is 0. The molecule has 0 unspecified atom stereocenters. The van der Waals surface area contributed by atoms with Gasteiger partial charge in [0, 0.05) is 29.2 Å². The summed E-state index contributed by atoms with van der Waals surface area (Å²) in [6, 6.07) is 7.15. The van der Waals surface area contributed by atoms with Crippen LogP contribution in [0.25, 0.3) is 10.9 Å². The number of aliphatic carboxylic acids is 1. The molecule has 94 valence electrons. The van der Waals surface area contributed by atoms with Crippen LogP contribution in [0.4, 0.5) is 0 Å². The fraction of sp³-hybridized carbons (Fsp3) is 0.231. The summed E-state index contributed by atoms with van der Waals surface area (Å²) in [5.41, 5.74) is 1.46. The van der Waals surface area contributed by atoms with Crippen molar-refractivity contribution in [1.82, 2.24) is 9.88 Å². The number of benzene rings is 1. The molecule has 0 spiro atoms. The SMILES string of the molecule is CCN(CC(=O)O)C(=O)c1ccc2[nH]ccc2c1. The zero-order chi connectivity index (χ0) is 13.1. The highest BCUT2D eigenvalue weighted by atomic mass is 16.4. The first-order valence-electron chi connectivity index (χ1n) is 5.70. The van der Waals surface area contributed by atoms with Crippen LogP contribution in [0.2, 0.25) is 0 Å². The number of fused-ring (bicyclic) bond motifs is 1. The van der Waals surface area contributed by atoms with Gasteiger partial charge in [0.1, 0.15) is 6.54 Å². The molecule has 0 fully saturated rings. The van der Waals surface area contributed by atoms with E-state index in [1.165, 1.54) is 4.90 Å². The van der Waals surface area contributed by atoms with Gasteiger partial charge in [0.25, 0.3) is 5.91 Å². The molecule has 1 amide bonds. The Labute approximate surface area is 104 Å². The first-order chi connectivity index (χ1) is 8.61. The molecule has 0 radical (unpaired) electrons. The highest BCUT2D eigenvalue weighted by Crippen LogP contribution is 2.15. The molecule has 0 aliphatic heterocycles. The molecule has 18 heavy (non-hydrogen) atoms. The zero-order valence-electron chi connectivity index (χ0n) is 10.0. The minimum absolute atomic E-state index is 0.261. The van der Waals surface area contributed by atoms with Crippen LogP contribution in [-0.4, -0.2) is 40.0 Å². The van der Waals surface area contributed by atoms with Gasteiger partial charge in [-0.25, -0.2) is 0 Å². The number of hydrogen-bond donors (Lipinski definition) is 2. The maximum absolute atomic E-state index is 12.1. The quantitative estimate of drug-likeness (QED) is 0.862. The summed E-state index contributed by atoms with van der Waals surface area (Å²) in [5.74, 6) is -1.27. The number of hydrogen-bond acceptors (Lipinski definition) is 2. The molecule has 0 aliphatic rings. The van der Waals surface area contributed by atoms with Crippen LogP contribution in [0, 0.1) is 0 Å². The van der Waals surface area contributed by atoms with Gasteiger partial charge in [-0.05, 0) is 31.2 Å². The number of likely N-dealkylation sites (N-methyl/N-ethyl adjacent to an activating group) is 1. The molecule has 0 atom stereocenters. The van der Waals surface area contributed by atoms with Crippen LogP contribution in [0.5, 0.6) is 0 Å². The predicted molar refractivity (Wildman–Crippen MR) is 67.5 cm³/mol. The van der Waals surface area contributed by atoms with Gasteiger partial charge in [0.05, 0.1) is 0 Å². The van der Waals surface area contributed by atoms with Crippen molar-refractivity contribution in [3.05, 3.63) is 36.0 Å². The number of carbonyl (C=O) groups is 2. The van der Waals surface area contributed by atoms with Gasteiger partial charge in [0.15, 0.2) is 0 Å². The van der Waals surface area contributed by atoms with E-state index in [4.69, 9.17) is 5.11 Å². The summed E-state index contributed by atoms with van der Waals surface area (Å²) >= 11 is 0. The van der Waals surface area contributed by atoms with E-state index >= 15 is 0 Å². The van der Waals surface area contributed by atoms with Gasteiger partial charge >= 0.3 is 5.97 Å². The van der Waals surface area contributed by atoms with Crippen molar-refractivity contribution in [3.8, 4) is 0 Å². The average molecular weight is 246 g/mol. The van der Waals surface area contributed by atoms with E-state index in [-0.39, 0.29) is 12.5 Å². The van der Waals surface area contributed by atoms with Crippen LogP contribution in [-0.2, 0) is 4.79 Å². The third-order valence-electron chi connectivity index (χ3n) is 2.80. The van der Waals surface area contributed by atoms with Gasteiger partial charge < -0.3 is 15.0 Å². The van der Waals surface area contributed by atoms with E-state index in [9.17, 15) is 9.59 Å². The van der Waals surface area contributed by atoms with Crippen LogP contribution in [0.1, 0.15) is 17.3 Å². The molecule has 1 heterocycles. The van der Waals surface area contributed by atoms with Crippen molar-refractivity contribution >= 4 is 22.8 Å². The highest BCUT2D eigenvalue weighted by molar-refractivity contribution is 5.99. The second-order valence-electron chi connectivity index (χ2n) is 3.99. The molecule has 2 rings (SSSR count). The number of H-pyrrole nitrogens is 1. The number of amides is 1. The maximum Gasteiger partial charge on any atom is 0.323 e. The Bertz CT molecular complexity index is 589. The Morgan fingerprint density at radius 3 is 2.78 bits per heavy atom. The molecule has 0 saturated carbocycles. The third kappa shape index (κ3) is 2.34. The molecule has 1 aromatic heterocycles. The van der Waals surface area contributed by atoms with Gasteiger partial charge in [-0.2, -0.15) is 0 Å². The molecular weight excluding hydrogens is 232 g/mol. The molecule has 0 bridgehead atoms. The second kappa shape index (κ2) is 4.91. The summed E-state index contributed by atoms with van der Waals surface area (Å²) < 4.78 is 0. The van der Waals surface area contributed by atoms with Crippen LogP contribution in [0.3, 0.4) is 0 Å². The Morgan fingerprint density at radius 1 is 1.33 bits per heavy atom. The van der Waals surface area contributed by atoms with Crippen molar-refractivity contribution in [2.45, 2.75) is 6.92 Å². The fourth-order valence-electron chi connectivity index (χ4n) is 1.86. The topological polar surface area (TPSA) is 73.4 Å². The smallest absolute Gasteiger partial charge is 0.323 e. The van der Waals surface area contributed by atoms with Gasteiger partial charge in [-0.1, -0.05) is 0 Å². The molecule has 0 saturated heterocycles. The van der Waals surface area contributed by atoms with E-state index in [0.717, 1.165) is 10.9 Å². The number of carbonyl (C=O) groups excluding carboxylic acids is 1. The average Bonchev–Trinajstić information content (AvgIpc) is 2.81. The number of nitrogens with one attached hydrogen (secondary N) is 1. The molecule has 0 aliphatic carbocycles. The Hall–Kier alpha value is -2.30. The summed E-state index contributed by atoms with van der Waals surface area (Å²) in [5, 5.41) is 9.69. The number of rotatable bonds is 4.